The van der Waals surface area contributed by atoms with Crippen molar-refractivity contribution in [3.8, 4) is 0 Å². The first-order valence-corrected chi connectivity index (χ1v) is 6.49. The molecular formula is C14H27N3. The topological polar surface area (TPSA) is 20.2 Å². The van der Waals surface area contributed by atoms with E-state index in [2.05, 4.69) is 62.6 Å². The molecule has 17 heavy (non-hydrogen) atoms. The number of aromatic nitrogens is 1. The quantitative estimate of drug-likeness (QED) is 0.818. The van der Waals surface area contributed by atoms with Crippen molar-refractivity contribution in [1.29, 1.82) is 0 Å². The highest BCUT2D eigenvalue weighted by Crippen LogP contribution is 2.14. The summed E-state index contributed by atoms with van der Waals surface area (Å²) in [7, 11) is 4.22. The Kier molecular flexibility index (Phi) is 5.22. The van der Waals surface area contributed by atoms with Crippen molar-refractivity contribution >= 4 is 0 Å². The van der Waals surface area contributed by atoms with Crippen LogP contribution in [0, 0.1) is 13.8 Å². The molecule has 98 valence electrons. The Morgan fingerprint density at radius 3 is 2.47 bits per heavy atom. The van der Waals surface area contributed by atoms with Crippen LogP contribution < -0.4 is 5.32 Å². The van der Waals surface area contributed by atoms with Crippen LogP contribution in [-0.2, 0) is 13.1 Å². The van der Waals surface area contributed by atoms with Gasteiger partial charge >= 0.3 is 0 Å². The molecule has 1 aromatic rings. The molecule has 0 aliphatic heterocycles. The Balaban J connectivity index is 2.58. The average molecular weight is 237 g/mol. The van der Waals surface area contributed by atoms with E-state index in [4.69, 9.17) is 0 Å². The highest BCUT2D eigenvalue weighted by Gasteiger charge is 2.09. The summed E-state index contributed by atoms with van der Waals surface area (Å²) in [6.45, 7) is 11.9. The van der Waals surface area contributed by atoms with E-state index in [1.165, 1.54) is 17.0 Å². The smallest absolute Gasteiger partial charge is 0.0226 e. The summed E-state index contributed by atoms with van der Waals surface area (Å²) >= 11 is 0. The fourth-order valence-electron chi connectivity index (χ4n) is 2.43. The van der Waals surface area contributed by atoms with Crippen molar-refractivity contribution in [3.05, 3.63) is 23.0 Å². The number of rotatable bonds is 6. The molecule has 3 nitrogen and oxygen atoms in total. The van der Waals surface area contributed by atoms with E-state index >= 15 is 0 Å². The average Bonchev–Trinajstić information content (AvgIpc) is 2.49. The normalized spacial score (nSPS) is 13.4. The summed E-state index contributed by atoms with van der Waals surface area (Å²) < 4.78 is 2.37. The van der Waals surface area contributed by atoms with Crippen molar-refractivity contribution in [2.24, 2.45) is 0 Å². The number of likely N-dealkylation sites (N-methyl/N-ethyl adjacent to an activating group) is 1. The van der Waals surface area contributed by atoms with Crippen LogP contribution >= 0.6 is 0 Å². The van der Waals surface area contributed by atoms with Crippen molar-refractivity contribution in [1.82, 2.24) is 14.8 Å². The molecule has 3 heteroatoms. The first kappa shape index (κ1) is 14.3. The molecule has 1 aromatic heterocycles. The lowest BCUT2D eigenvalue weighted by Crippen LogP contribution is -2.35. The van der Waals surface area contributed by atoms with Gasteiger partial charge in [-0.1, -0.05) is 0 Å². The Bertz CT molecular complexity index is 353. The zero-order chi connectivity index (χ0) is 13.0. The molecule has 0 amide bonds. The van der Waals surface area contributed by atoms with Gasteiger partial charge in [-0.2, -0.15) is 0 Å². The van der Waals surface area contributed by atoms with Crippen LogP contribution in [0.15, 0.2) is 6.07 Å². The van der Waals surface area contributed by atoms with E-state index in [-0.39, 0.29) is 0 Å². The second-order valence-corrected chi connectivity index (χ2v) is 5.18. The first-order valence-electron chi connectivity index (χ1n) is 6.49. The molecule has 0 aliphatic carbocycles. The van der Waals surface area contributed by atoms with Gasteiger partial charge in [-0.25, -0.2) is 0 Å². The molecule has 1 heterocycles. The zero-order valence-electron chi connectivity index (χ0n) is 12.2. The van der Waals surface area contributed by atoms with Crippen LogP contribution in [0.3, 0.4) is 0 Å². The van der Waals surface area contributed by atoms with E-state index in [0.717, 1.165) is 19.6 Å². The predicted molar refractivity (Wildman–Crippen MR) is 74.4 cm³/mol. The second-order valence-electron chi connectivity index (χ2n) is 5.18. The van der Waals surface area contributed by atoms with Gasteiger partial charge in [-0.15, -0.1) is 0 Å². The summed E-state index contributed by atoms with van der Waals surface area (Å²) in [5.41, 5.74) is 4.19. The molecule has 0 aliphatic rings. The Labute approximate surface area is 106 Å². The molecule has 0 radical (unpaired) electrons. The highest BCUT2D eigenvalue weighted by atomic mass is 15.1. The van der Waals surface area contributed by atoms with Crippen molar-refractivity contribution in [2.45, 2.75) is 46.8 Å². The zero-order valence-corrected chi connectivity index (χ0v) is 12.2. The van der Waals surface area contributed by atoms with Gasteiger partial charge in [0.25, 0.3) is 0 Å². The predicted octanol–water partition coefficient (Wildman–Crippen LogP) is 2.16. The van der Waals surface area contributed by atoms with Crippen LogP contribution in [0.1, 0.15) is 30.8 Å². The van der Waals surface area contributed by atoms with Gasteiger partial charge in [0.15, 0.2) is 0 Å². The summed E-state index contributed by atoms with van der Waals surface area (Å²) in [6.07, 6.45) is 0. The standard InChI is InChI=1S/C14H27N3/c1-7-17-12(3)8-14(13(17)4)9-15-11(2)10-16(5)6/h8,11,15H,7,9-10H2,1-6H3. The minimum Gasteiger partial charge on any atom is -0.349 e. The van der Waals surface area contributed by atoms with Gasteiger partial charge in [0.2, 0.25) is 0 Å². The molecule has 1 N–H and O–H groups in total. The largest absolute Gasteiger partial charge is 0.349 e. The molecule has 1 unspecified atom stereocenters. The Hall–Kier alpha value is -0.800. The van der Waals surface area contributed by atoms with Gasteiger partial charge in [-0.05, 0) is 53.4 Å². The summed E-state index contributed by atoms with van der Waals surface area (Å²) in [4.78, 5) is 2.22. The maximum absolute atomic E-state index is 3.58. The highest BCUT2D eigenvalue weighted by molar-refractivity contribution is 5.26. The first-order chi connectivity index (χ1) is 7.95. The van der Waals surface area contributed by atoms with Gasteiger partial charge in [0.1, 0.15) is 0 Å². The third-order valence-electron chi connectivity index (χ3n) is 3.27. The van der Waals surface area contributed by atoms with Crippen LogP contribution in [-0.4, -0.2) is 36.1 Å². The lowest BCUT2D eigenvalue weighted by molar-refractivity contribution is 0.349. The maximum Gasteiger partial charge on any atom is 0.0226 e. The van der Waals surface area contributed by atoms with Crippen molar-refractivity contribution < 1.29 is 0 Å². The van der Waals surface area contributed by atoms with Gasteiger partial charge in [0, 0.05) is 37.1 Å². The molecule has 0 bridgehead atoms. The molecular weight excluding hydrogens is 210 g/mol. The molecule has 0 aromatic carbocycles. The molecule has 0 spiro atoms. The van der Waals surface area contributed by atoms with Crippen molar-refractivity contribution in [2.75, 3.05) is 20.6 Å². The lowest BCUT2D eigenvalue weighted by atomic mass is 10.2. The number of nitrogens with one attached hydrogen (secondary N) is 1. The fraction of sp³-hybridized carbons (Fsp3) is 0.714. The molecule has 0 saturated heterocycles. The molecule has 1 rings (SSSR count). The third-order valence-corrected chi connectivity index (χ3v) is 3.27. The van der Waals surface area contributed by atoms with Crippen LogP contribution in [0.25, 0.3) is 0 Å². The number of hydrogen-bond donors (Lipinski definition) is 1. The minimum absolute atomic E-state index is 0.523. The lowest BCUT2D eigenvalue weighted by Gasteiger charge is -2.18. The number of hydrogen-bond acceptors (Lipinski definition) is 2. The van der Waals surface area contributed by atoms with E-state index in [0.29, 0.717) is 6.04 Å². The fourth-order valence-corrected chi connectivity index (χ4v) is 2.43. The van der Waals surface area contributed by atoms with E-state index < -0.39 is 0 Å². The Morgan fingerprint density at radius 1 is 1.35 bits per heavy atom. The number of nitrogens with zero attached hydrogens (tertiary/aromatic N) is 2. The van der Waals surface area contributed by atoms with Crippen molar-refractivity contribution in [3.63, 3.8) is 0 Å². The SMILES string of the molecule is CCn1c(C)cc(CNC(C)CN(C)C)c1C. The summed E-state index contributed by atoms with van der Waals surface area (Å²) in [5.74, 6) is 0. The molecule has 0 fully saturated rings. The molecule has 1 atom stereocenters. The van der Waals surface area contributed by atoms with Gasteiger partial charge in [0.05, 0.1) is 0 Å². The van der Waals surface area contributed by atoms with Gasteiger partial charge in [-0.3, -0.25) is 0 Å². The van der Waals surface area contributed by atoms with Crippen LogP contribution in [0.2, 0.25) is 0 Å². The van der Waals surface area contributed by atoms with Crippen LogP contribution in [0.5, 0.6) is 0 Å². The third kappa shape index (κ3) is 3.86. The molecule has 0 saturated carbocycles. The maximum atomic E-state index is 3.58. The minimum atomic E-state index is 0.523. The monoisotopic (exact) mass is 237 g/mol. The van der Waals surface area contributed by atoms with E-state index in [9.17, 15) is 0 Å². The summed E-state index contributed by atoms with van der Waals surface area (Å²) in [6, 6.07) is 2.82. The Morgan fingerprint density at radius 2 is 2.00 bits per heavy atom. The second kappa shape index (κ2) is 6.22. The van der Waals surface area contributed by atoms with E-state index in [1.54, 1.807) is 0 Å². The van der Waals surface area contributed by atoms with Gasteiger partial charge < -0.3 is 14.8 Å². The van der Waals surface area contributed by atoms with Crippen LogP contribution in [0.4, 0.5) is 0 Å². The van der Waals surface area contributed by atoms with E-state index in [1.807, 2.05) is 0 Å². The number of aryl methyl sites for hydroxylation is 1. The summed E-state index contributed by atoms with van der Waals surface area (Å²) in [5, 5.41) is 3.58.